The minimum atomic E-state index is -0.935. The van der Waals surface area contributed by atoms with Crippen LogP contribution in [-0.4, -0.2) is 35.6 Å². The molecule has 1 aliphatic rings. The number of ether oxygens (including phenoxy) is 2. The van der Waals surface area contributed by atoms with E-state index in [0.29, 0.717) is 13.1 Å². The van der Waals surface area contributed by atoms with Crippen LogP contribution in [0.3, 0.4) is 0 Å². The van der Waals surface area contributed by atoms with Crippen molar-refractivity contribution in [2.24, 2.45) is 5.92 Å². The summed E-state index contributed by atoms with van der Waals surface area (Å²) < 4.78 is 10.6. The molecule has 0 unspecified atom stereocenters. The van der Waals surface area contributed by atoms with Gasteiger partial charge in [-0.05, 0) is 37.8 Å². The van der Waals surface area contributed by atoms with Crippen LogP contribution < -0.4 is 0 Å². The largest absolute Gasteiger partial charge is 0.465 e. The van der Waals surface area contributed by atoms with Gasteiger partial charge in [-0.1, -0.05) is 60.7 Å². The van der Waals surface area contributed by atoms with E-state index in [1.807, 2.05) is 36.4 Å². The van der Waals surface area contributed by atoms with Crippen LogP contribution in [-0.2, 0) is 32.2 Å². The number of rotatable bonds is 10. The Morgan fingerprint density at radius 2 is 1.24 bits per heavy atom. The first kappa shape index (κ1) is 21.1. The van der Waals surface area contributed by atoms with E-state index in [1.54, 1.807) is 13.8 Å². The minimum Gasteiger partial charge on any atom is -0.465 e. The summed E-state index contributed by atoms with van der Waals surface area (Å²) in [6, 6.07) is 20.3. The smallest absolute Gasteiger partial charge is 0.322 e. The normalized spacial score (nSPS) is 14.6. The molecule has 3 rings (SSSR count). The summed E-state index contributed by atoms with van der Waals surface area (Å²) in [5.74, 6) is -1.92. The molecule has 0 bridgehead atoms. The first-order chi connectivity index (χ1) is 14.1. The molecule has 154 valence electrons. The third-order valence-corrected chi connectivity index (χ3v) is 5.41. The molecule has 29 heavy (non-hydrogen) atoms. The van der Waals surface area contributed by atoms with Gasteiger partial charge in [0.1, 0.15) is 0 Å². The zero-order valence-electron chi connectivity index (χ0n) is 17.2. The lowest BCUT2D eigenvalue weighted by Crippen LogP contribution is -2.49. The van der Waals surface area contributed by atoms with Crippen molar-refractivity contribution < 1.29 is 19.1 Å². The zero-order valence-corrected chi connectivity index (χ0v) is 17.2. The molecule has 1 saturated carbocycles. The Kier molecular flexibility index (Phi) is 7.04. The van der Waals surface area contributed by atoms with Crippen molar-refractivity contribution >= 4 is 11.9 Å². The Hall–Kier alpha value is -2.66. The number of carbonyl (C=O) groups is 2. The first-order valence-electron chi connectivity index (χ1n) is 10.3. The fourth-order valence-corrected chi connectivity index (χ4v) is 3.88. The molecule has 0 N–H and O–H groups in total. The number of hydrogen-bond donors (Lipinski definition) is 0. The molecule has 2 aromatic rings. The van der Waals surface area contributed by atoms with Crippen LogP contribution in [0.25, 0.3) is 0 Å². The highest BCUT2D eigenvalue weighted by atomic mass is 16.6. The maximum Gasteiger partial charge on any atom is 0.322 e. The Bertz CT molecular complexity index is 743. The molecule has 0 aliphatic heterocycles. The second-order valence-corrected chi connectivity index (χ2v) is 7.37. The van der Waals surface area contributed by atoms with Crippen LogP contribution in [0.1, 0.15) is 37.8 Å². The molecule has 0 saturated heterocycles. The Morgan fingerprint density at radius 1 is 0.828 bits per heavy atom. The van der Waals surface area contributed by atoms with Crippen molar-refractivity contribution in [2.45, 2.75) is 45.3 Å². The van der Waals surface area contributed by atoms with Gasteiger partial charge in [-0.2, -0.15) is 0 Å². The third kappa shape index (κ3) is 5.04. The maximum absolute atomic E-state index is 12.8. The SMILES string of the molecule is CCOC(=O)C(C(=O)OCC)C1(N(Cc2ccccc2)Cc2ccccc2)CC1. The van der Waals surface area contributed by atoms with E-state index < -0.39 is 23.4 Å². The summed E-state index contributed by atoms with van der Waals surface area (Å²) in [6.07, 6.45) is 1.52. The van der Waals surface area contributed by atoms with E-state index in [2.05, 4.69) is 29.2 Å². The van der Waals surface area contributed by atoms with Gasteiger partial charge in [-0.15, -0.1) is 0 Å². The predicted octanol–water partition coefficient (Wildman–Crippen LogP) is 3.96. The fraction of sp³-hybridized carbons (Fsp3) is 0.417. The number of hydrogen-bond acceptors (Lipinski definition) is 5. The van der Waals surface area contributed by atoms with Crippen LogP contribution in [0.2, 0.25) is 0 Å². The average molecular weight is 395 g/mol. The summed E-state index contributed by atoms with van der Waals surface area (Å²) in [4.78, 5) is 27.9. The lowest BCUT2D eigenvalue weighted by Gasteiger charge is -2.35. The van der Waals surface area contributed by atoms with E-state index in [1.165, 1.54) is 0 Å². The number of esters is 2. The van der Waals surface area contributed by atoms with Crippen molar-refractivity contribution in [3.05, 3.63) is 71.8 Å². The van der Waals surface area contributed by atoms with Crippen LogP contribution in [0, 0.1) is 5.92 Å². The molecule has 0 aromatic heterocycles. The van der Waals surface area contributed by atoms with Gasteiger partial charge in [-0.25, -0.2) is 0 Å². The fourth-order valence-electron chi connectivity index (χ4n) is 3.88. The van der Waals surface area contributed by atoms with Gasteiger partial charge in [0.2, 0.25) is 0 Å². The number of benzene rings is 2. The average Bonchev–Trinajstić information content (AvgIpc) is 3.51. The highest BCUT2D eigenvalue weighted by Crippen LogP contribution is 2.50. The quantitative estimate of drug-likeness (QED) is 0.450. The topological polar surface area (TPSA) is 55.8 Å². The highest BCUT2D eigenvalue weighted by Gasteiger charge is 2.60. The Labute approximate surface area is 172 Å². The molecular formula is C24H29NO4. The molecule has 0 atom stereocenters. The summed E-state index contributed by atoms with van der Waals surface area (Å²) in [5, 5.41) is 0. The zero-order chi connectivity index (χ0) is 20.7. The van der Waals surface area contributed by atoms with E-state index in [9.17, 15) is 9.59 Å². The molecule has 1 fully saturated rings. The monoisotopic (exact) mass is 395 g/mol. The molecule has 0 amide bonds. The summed E-state index contributed by atoms with van der Waals surface area (Å²) in [6.45, 7) is 5.28. The molecule has 0 spiro atoms. The van der Waals surface area contributed by atoms with Gasteiger partial charge in [0, 0.05) is 18.6 Å². The first-order valence-corrected chi connectivity index (χ1v) is 10.3. The van der Waals surface area contributed by atoms with Crippen LogP contribution in [0.4, 0.5) is 0 Å². The van der Waals surface area contributed by atoms with Gasteiger partial charge in [0.25, 0.3) is 0 Å². The predicted molar refractivity (Wildman–Crippen MR) is 111 cm³/mol. The second-order valence-electron chi connectivity index (χ2n) is 7.37. The molecule has 1 aliphatic carbocycles. The maximum atomic E-state index is 12.8. The van der Waals surface area contributed by atoms with Gasteiger partial charge < -0.3 is 9.47 Å². The number of carbonyl (C=O) groups excluding carboxylic acids is 2. The van der Waals surface area contributed by atoms with Crippen molar-refractivity contribution in [3.8, 4) is 0 Å². The van der Waals surface area contributed by atoms with Gasteiger partial charge in [-0.3, -0.25) is 14.5 Å². The summed E-state index contributed by atoms with van der Waals surface area (Å²) >= 11 is 0. The lowest BCUT2D eigenvalue weighted by molar-refractivity contribution is -0.166. The van der Waals surface area contributed by atoms with E-state index >= 15 is 0 Å². The van der Waals surface area contributed by atoms with E-state index in [-0.39, 0.29) is 13.2 Å². The van der Waals surface area contributed by atoms with Gasteiger partial charge in [0.05, 0.1) is 13.2 Å². The van der Waals surface area contributed by atoms with Gasteiger partial charge in [0.15, 0.2) is 5.92 Å². The van der Waals surface area contributed by atoms with Crippen LogP contribution >= 0.6 is 0 Å². The van der Waals surface area contributed by atoms with Crippen molar-refractivity contribution in [1.29, 1.82) is 0 Å². The van der Waals surface area contributed by atoms with Crippen molar-refractivity contribution in [3.63, 3.8) is 0 Å². The third-order valence-electron chi connectivity index (χ3n) is 5.41. The highest BCUT2D eigenvalue weighted by molar-refractivity contribution is 5.97. The Morgan fingerprint density at radius 3 is 1.59 bits per heavy atom. The molecule has 0 radical (unpaired) electrons. The Balaban J connectivity index is 1.94. The summed E-state index contributed by atoms with van der Waals surface area (Å²) in [5.41, 5.74) is 1.70. The minimum absolute atomic E-state index is 0.238. The molecular weight excluding hydrogens is 366 g/mol. The van der Waals surface area contributed by atoms with Crippen molar-refractivity contribution in [2.75, 3.05) is 13.2 Å². The second kappa shape index (κ2) is 9.70. The van der Waals surface area contributed by atoms with Crippen molar-refractivity contribution in [1.82, 2.24) is 4.90 Å². The molecule has 0 heterocycles. The van der Waals surface area contributed by atoms with E-state index in [4.69, 9.17) is 9.47 Å². The van der Waals surface area contributed by atoms with Gasteiger partial charge >= 0.3 is 11.9 Å². The summed E-state index contributed by atoms with van der Waals surface area (Å²) in [7, 11) is 0. The molecule has 5 heteroatoms. The number of nitrogens with zero attached hydrogens (tertiary/aromatic N) is 1. The molecule has 2 aromatic carbocycles. The van der Waals surface area contributed by atoms with Crippen LogP contribution in [0.15, 0.2) is 60.7 Å². The van der Waals surface area contributed by atoms with Crippen LogP contribution in [0.5, 0.6) is 0 Å². The standard InChI is InChI=1S/C24H29NO4/c1-3-28-22(26)21(23(27)29-4-2)24(15-16-24)25(17-19-11-7-5-8-12-19)18-20-13-9-6-10-14-20/h5-14,21H,3-4,15-18H2,1-2H3. The van der Waals surface area contributed by atoms with E-state index in [0.717, 1.165) is 24.0 Å². The molecule has 5 nitrogen and oxygen atoms in total. The lowest BCUT2D eigenvalue weighted by atomic mass is 9.94.